The molecule has 0 N–H and O–H groups in total. The Labute approximate surface area is 643 Å². The summed E-state index contributed by atoms with van der Waals surface area (Å²) in [7, 11) is 0. The second kappa shape index (κ2) is 27.5. The van der Waals surface area contributed by atoms with Crippen molar-refractivity contribution in [2.24, 2.45) is 0 Å². The van der Waals surface area contributed by atoms with Crippen molar-refractivity contribution in [1.82, 2.24) is 39.0 Å². The number of para-hydroxylation sites is 3. The molecule has 22 rings (SSSR count). The number of furan rings is 2. The minimum absolute atomic E-state index is 0.547. The first kappa shape index (κ1) is 65.1. The van der Waals surface area contributed by atoms with Gasteiger partial charge in [0, 0.05) is 76.6 Å². The zero-order chi connectivity index (χ0) is 74.0. The van der Waals surface area contributed by atoms with Crippen LogP contribution >= 0.6 is 0 Å². The molecule has 10 nitrogen and oxygen atoms in total. The largest absolute Gasteiger partial charge is 0.456 e. The molecule has 6 aromatic heterocycles. The molecule has 6 heterocycles. The predicted octanol–water partition coefficient (Wildman–Crippen LogP) is 26.4. The van der Waals surface area contributed by atoms with E-state index in [4.69, 9.17) is 38.7 Å². The van der Waals surface area contributed by atoms with Crippen LogP contribution in [0.4, 0.5) is 0 Å². The van der Waals surface area contributed by atoms with Crippen LogP contribution in [0.25, 0.3) is 212 Å². The van der Waals surface area contributed by atoms with Gasteiger partial charge in [0.1, 0.15) is 22.3 Å². The molecule has 0 aliphatic heterocycles. The second-order valence-electron chi connectivity index (χ2n) is 28.1. The van der Waals surface area contributed by atoms with Gasteiger partial charge in [0.15, 0.2) is 29.1 Å². The Morgan fingerprint density at radius 1 is 0.179 bits per heavy atom. The van der Waals surface area contributed by atoms with Gasteiger partial charge in [-0.3, -0.25) is 4.57 Å². The van der Waals surface area contributed by atoms with E-state index in [1.54, 1.807) is 0 Å². The molecule has 0 amide bonds. The number of hydrogen-bond donors (Lipinski definition) is 0. The van der Waals surface area contributed by atoms with Gasteiger partial charge in [-0.1, -0.05) is 297 Å². The third kappa shape index (κ3) is 11.7. The molecule has 0 unspecified atom stereocenters. The first-order valence-electron chi connectivity index (χ1n) is 37.5. The third-order valence-corrected chi connectivity index (χ3v) is 21.3. The van der Waals surface area contributed by atoms with Crippen LogP contribution in [0.5, 0.6) is 0 Å². The Hall–Kier alpha value is -15.3. The average molecular weight is 1430 g/mol. The van der Waals surface area contributed by atoms with Crippen LogP contribution in [0.3, 0.4) is 0 Å². The lowest BCUT2D eigenvalue weighted by molar-refractivity contribution is 0.669. The van der Waals surface area contributed by atoms with E-state index >= 15 is 0 Å². The van der Waals surface area contributed by atoms with Gasteiger partial charge in [-0.05, 0) is 147 Å². The Kier molecular flexibility index (Phi) is 16.0. The van der Waals surface area contributed by atoms with Crippen molar-refractivity contribution < 1.29 is 8.83 Å². The molecule has 0 aliphatic carbocycles. The summed E-state index contributed by atoms with van der Waals surface area (Å²) in [4.78, 5) is 31.1. The molecular weight excluding hydrogens is 1370 g/mol. The Morgan fingerprint density at radius 2 is 0.500 bits per heavy atom. The predicted molar refractivity (Wildman–Crippen MR) is 457 cm³/mol. The Bertz CT molecular complexity index is 7290. The van der Waals surface area contributed by atoms with Gasteiger partial charge in [-0.2, -0.15) is 9.97 Å². The van der Waals surface area contributed by atoms with Crippen molar-refractivity contribution in [3.63, 3.8) is 0 Å². The van der Waals surface area contributed by atoms with E-state index in [-0.39, 0.29) is 0 Å². The average Bonchev–Trinajstić information content (AvgIpc) is 1.59. The minimum atomic E-state index is 0.547. The van der Waals surface area contributed by atoms with Crippen LogP contribution in [-0.2, 0) is 0 Å². The van der Waals surface area contributed by atoms with Gasteiger partial charge >= 0.3 is 0 Å². The van der Waals surface area contributed by atoms with Gasteiger partial charge in [0.05, 0.1) is 22.1 Å². The van der Waals surface area contributed by atoms with Crippen molar-refractivity contribution >= 4 is 87.5 Å². The van der Waals surface area contributed by atoms with E-state index in [0.29, 0.717) is 35.1 Å². The highest BCUT2D eigenvalue weighted by Gasteiger charge is 2.25. The van der Waals surface area contributed by atoms with Crippen LogP contribution in [0, 0.1) is 0 Å². The molecule has 0 bridgehead atoms. The molecule has 10 heteroatoms. The summed E-state index contributed by atoms with van der Waals surface area (Å²) in [6.45, 7) is 0. The Balaban J connectivity index is 0.000000141. The summed E-state index contributed by atoms with van der Waals surface area (Å²) in [6, 6.07) is 135. The van der Waals surface area contributed by atoms with Gasteiger partial charge in [0.25, 0.3) is 0 Å². The van der Waals surface area contributed by atoms with Crippen molar-refractivity contribution in [2.45, 2.75) is 0 Å². The lowest BCUT2D eigenvalue weighted by Crippen LogP contribution is -2.06. The van der Waals surface area contributed by atoms with Crippen molar-refractivity contribution in [2.75, 3.05) is 0 Å². The molecule has 0 saturated heterocycles. The fraction of sp³-hybridized carbons (Fsp3) is 0. The summed E-state index contributed by atoms with van der Waals surface area (Å²) in [5.74, 6) is 3.47. The van der Waals surface area contributed by atoms with Crippen molar-refractivity contribution in [1.29, 1.82) is 0 Å². The van der Waals surface area contributed by atoms with E-state index < -0.39 is 0 Å². The molecule has 0 radical (unpaired) electrons. The highest BCUT2D eigenvalue weighted by molar-refractivity contribution is 6.16. The number of nitrogens with zero attached hydrogens (tertiary/aromatic N) is 8. The molecule has 22 aromatic rings. The van der Waals surface area contributed by atoms with Crippen LogP contribution in [-0.4, -0.2) is 39.0 Å². The van der Waals surface area contributed by atoms with E-state index in [9.17, 15) is 0 Å². The summed E-state index contributed by atoms with van der Waals surface area (Å²) in [5, 5.41) is 8.95. The first-order valence-corrected chi connectivity index (χ1v) is 37.5. The summed E-state index contributed by atoms with van der Waals surface area (Å²) < 4.78 is 18.0. The molecule has 112 heavy (non-hydrogen) atoms. The number of rotatable bonds is 12. The first-order chi connectivity index (χ1) is 55.5. The minimum Gasteiger partial charge on any atom is -0.456 e. The smallest absolute Gasteiger partial charge is 0.238 e. The van der Waals surface area contributed by atoms with Gasteiger partial charge in [-0.15, -0.1) is 0 Å². The summed E-state index contributed by atoms with van der Waals surface area (Å²) in [5.41, 5.74) is 24.1. The normalized spacial score (nSPS) is 11.6. The molecule has 0 aliphatic rings. The molecule has 0 saturated carbocycles. The standard InChI is InChI=1S/2C51H32N4O/c1-5-15-33(16-6-1)37-26-28-45-43(29-37)40-23-13-14-24-44(40)55(45)51-53-49(36-21-11-4-12-22-36)52-50(54-51)39-30-42(35-19-9-3-10-20-35)48-41-27-25-38(34-17-7-2-8-18-34)31-46(41)56-47(48)32-39;1-4-15-33(16-5-1)36-27-28-42-46(31-36)56-47-32-38(30-43(48(42)47)34-17-6-2-7-18-34)51-53-49(35-19-8-3-9-20-35)52-50(54-51)37-21-14-22-39(29-37)55-44-25-12-10-23-40(44)41-24-11-13-26-45(41)55/h2*1-32H. The maximum absolute atomic E-state index is 6.74. The van der Waals surface area contributed by atoms with Gasteiger partial charge < -0.3 is 13.4 Å². The van der Waals surface area contributed by atoms with E-state index in [2.05, 4.69) is 306 Å². The molecular formula is C102H64N8O2. The molecule has 0 fully saturated rings. The third-order valence-electron chi connectivity index (χ3n) is 21.3. The number of benzene rings is 16. The zero-order valence-electron chi connectivity index (χ0n) is 60.3. The summed E-state index contributed by atoms with van der Waals surface area (Å²) in [6.07, 6.45) is 0. The van der Waals surface area contributed by atoms with Crippen LogP contribution in [0.2, 0.25) is 0 Å². The van der Waals surface area contributed by atoms with Crippen molar-refractivity contribution in [3.8, 4) is 124 Å². The highest BCUT2D eigenvalue weighted by Crippen LogP contribution is 2.45. The lowest BCUT2D eigenvalue weighted by atomic mass is 9.96. The van der Waals surface area contributed by atoms with E-state index in [0.717, 1.165) is 160 Å². The number of hydrogen-bond acceptors (Lipinski definition) is 8. The lowest BCUT2D eigenvalue weighted by Gasteiger charge is -2.12. The zero-order valence-corrected chi connectivity index (χ0v) is 60.3. The monoisotopic (exact) mass is 1430 g/mol. The molecule has 0 spiro atoms. The van der Waals surface area contributed by atoms with E-state index in [1.807, 2.05) is 91.0 Å². The number of fused-ring (bicyclic) bond motifs is 12. The quantitative estimate of drug-likeness (QED) is 0.119. The van der Waals surface area contributed by atoms with Crippen LogP contribution in [0.1, 0.15) is 0 Å². The summed E-state index contributed by atoms with van der Waals surface area (Å²) >= 11 is 0. The molecule has 16 aromatic carbocycles. The molecule has 0 atom stereocenters. The Morgan fingerprint density at radius 3 is 0.955 bits per heavy atom. The maximum atomic E-state index is 6.74. The van der Waals surface area contributed by atoms with Gasteiger partial charge in [0.2, 0.25) is 5.95 Å². The highest BCUT2D eigenvalue weighted by atomic mass is 16.3. The topological polar surface area (TPSA) is 113 Å². The van der Waals surface area contributed by atoms with Crippen LogP contribution < -0.4 is 0 Å². The fourth-order valence-corrected chi connectivity index (χ4v) is 16.0. The second-order valence-corrected chi connectivity index (χ2v) is 28.1. The fourth-order valence-electron chi connectivity index (χ4n) is 16.0. The number of aromatic nitrogens is 8. The van der Waals surface area contributed by atoms with Gasteiger partial charge in [-0.25, -0.2) is 19.9 Å². The van der Waals surface area contributed by atoms with Crippen LogP contribution in [0.15, 0.2) is 397 Å². The molecule has 524 valence electrons. The SMILES string of the molecule is c1ccc(-c2ccc3c(c2)oc2cc(-c4nc(-c5ccccc5)nc(-c5cccc(-n6c7ccccc7c7ccccc76)c5)n4)cc(-c4ccccc4)c23)cc1.c1ccc(-c2ccc3c(c2)oc2cc(-c4nc(-c5ccccc5)nc(-n5c6ccccc6c6cc(-c7ccccc7)ccc65)n4)cc(-c4ccccc4)c23)cc1. The maximum Gasteiger partial charge on any atom is 0.238 e. The van der Waals surface area contributed by atoms with E-state index in [1.165, 1.54) is 16.3 Å². The van der Waals surface area contributed by atoms with Crippen molar-refractivity contribution in [3.05, 3.63) is 388 Å².